The standard InChI is InChI=1S/C9H9ClN2O/c1-4-7(3)13-8-6(2)5-11-9(10)12-8/h1,5,7H,2-3H3. The van der Waals surface area contributed by atoms with Gasteiger partial charge in [-0.05, 0) is 25.4 Å². The first-order valence-electron chi connectivity index (χ1n) is 3.75. The summed E-state index contributed by atoms with van der Waals surface area (Å²) in [6.45, 7) is 3.59. The van der Waals surface area contributed by atoms with E-state index in [2.05, 4.69) is 15.9 Å². The van der Waals surface area contributed by atoms with Crippen LogP contribution in [0.15, 0.2) is 6.20 Å². The van der Waals surface area contributed by atoms with Gasteiger partial charge < -0.3 is 4.74 Å². The highest BCUT2D eigenvalue weighted by atomic mass is 35.5. The fourth-order valence-electron chi connectivity index (χ4n) is 0.727. The summed E-state index contributed by atoms with van der Waals surface area (Å²) >= 11 is 5.59. The molecule has 0 bridgehead atoms. The molecule has 1 atom stereocenters. The monoisotopic (exact) mass is 196 g/mol. The molecule has 1 heterocycles. The molecular formula is C9H9ClN2O. The molecular weight excluding hydrogens is 188 g/mol. The summed E-state index contributed by atoms with van der Waals surface area (Å²) < 4.78 is 5.30. The summed E-state index contributed by atoms with van der Waals surface area (Å²) in [6.07, 6.45) is 6.43. The van der Waals surface area contributed by atoms with Crippen molar-refractivity contribution in [2.45, 2.75) is 20.0 Å². The summed E-state index contributed by atoms with van der Waals surface area (Å²) in [7, 11) is 0. The van der Waals surface area contributed by atoms with Gasteiger partial charge in [0.2, 0.25) is 11.2 Å². The predicted octanol–water partition coefficient (Wildman–Crippen LogP) is 1.84. The van der Waals surface area contributed by atoms with Crippen molar-refractivity contribution in [3.05, 3.63) is 17.0 Å². The first-order chi connectivity index (χ1) is 6.13. The minimum atomic E-state index is -0.315. The van der Waals surface area contributed by atoms with Crippen molar-refractivity contribution in [1.82, 2.24) is 9.97 Å². The minimum absolute atomic E-state index is 0.157. The van der Waals surface area contributed by atoms with Crippen molar-refractivity contribution in [2.75, 3.05) is 0 Å². The molecule has 0 fully saturated rings. The van der Waals surface area contributed by atoms with Crippen molar-refractivity contribution < 1.29 is 4.74 Å². The molecule has 0 saturated heterocycles. The van der Waals surface area contributed by atoms with Crippen LogP contribution in [0.2, 0.25) is 5.28 Å². The number of rotatable bonds is 2. The Morgan fingerprint density at radius 1 is 1.69 bits per heavy atom. The number of aryl methyl sites for hydroxylation is 1. The van der Waals surface area contributed by atoms with Crippen LogP contribution in [0.5, 0.6) is 5.88 Å². The maximum Gasteiger partial charge on any atom is 0.225 e. The van der Waals surface area contributed by atoms with Gasteiger partial charge in [-0.2, -0.15) is 4.98 Å². The van der Waals surface area contributed by atoms with E-state index >= 15 is 0 Å². The molecule has 13 heavy (non-hydrogen) atoms. The summed E-state index contributed by atoms with van der Waals surface area (Å²) in [5.41, 5.74) is 0.812. The molecule has 0 saturated carbocycles. The van der Waals surface area contributed by atoms with Crippen LogP contribution in [0.3, 0.4) is 0 Å². The normalized spacial score (nSPS) is 11.8. The Morgan fingerprint density at radius 3 is 3.00 bits per heavy atom. The second kappa shape index (κ2) is 4.11. The Morgan fingerprint density at radius 2 is 2.38 bits per heavy atom. The molecule has 0 aliphatic rings. The molecule has 0 N–H and O–H groups in total. The van der Waals surface area contributed by atoms with Gasteiger partial charge in [-0.25, -0.2) is 4.98 Å². The number of halogens is 1. The van der Waals surface area contributed by atoms with Gasteiger partial charge in [0, 0.05) is 11.8 Å². The second-order valence-corrected chi connectivity index (χ2v) is 2.89. The molecule has 0 aliphatic heterocycles. The van der Waals surface area contributed by atoms with Crippen molar-refractivity contribution in [3.8, 4) is 18.2 Å². The van der Waals surface area contributed by atoms with Gasteiger partial charge in [0.1, 0.15) is 0 Å². The third kappa shape index (κ3) is 2.60. The van der Waals surface area contributed by atoms with E-state index in [0.717, 1.165) is 5.56 Å². The van der Waals surface area contributed by atoms with E-state index < -0.39 is 0 Å². The fraction of sp³-hybridized carbons (Fsp3) is 0.333. The highest BCUT2D eigenvalue weighted by Crippen LogP contribution is 2.16. The average Bonchev–Trinajstić information content (AvgIpc) is 2.11. The summed E-state index contributed by atoms with van der Waals surface area (Å²) in [6, 6.07) is 0. The Balaban J connectivity index is 2.88. The van der Waals surface area contributed by atoms with E-state index in [1.54, 1.807) is 13.1 Å². The van der Waals surface area contributed by atoms with Crippen LogP contribution in [0.1, 0.15) is 12.5 Å². The van der Waals surface area contributed by atoms with Crippen LogP contribution in [-0.4, -0.2) is 16.1 Å². The Bertz CT molecular complexity index is 346. The molecule has 0 aliphatic carbocycles. The minimum Gasteiger partial charge on any atom is -0.461 e. The van der Waals surface area contributed by atoms with Crippen LogP contribution < -0.4 is 4.74 Å². The Labute approximate surface area is 82.1 Å². The smallest absolute Gasteiger partial charge is 0.225 e. The zero-order valence-corrected chi connectivity index (χ0v) is 8.17. The molecule has 0 aromatic carbocycles. The summed E-state index contributed by atoms with van der Waals surface area (Å²) in [5.74, 6) is 2.87. The summed E-state index contributed by atoms with van der Waals surface area (Å²) in [4.78, 5) is 7.69. The zero-order valence-electron chi connectivity index (χ0n) is 7.41. The van der Waals surface area contributed by atoms with Gasteiger partial charge >= 0.3 is 0 Å². The maximum atomic E-state index is 5.59. The highest BCUT2D eigenvalue weighted by molar-refractivity contribution is 6.28. The number of aromatic nitrogens is 2. The largest absolute Gasteiger partial charge is 0.461 e. The molecule has 0 radical (unpaired) electrons. The first-order valence-corrected chi connectivity index (χ1v) is 4.13. The van der Waals surface area contributed by atoms with Crippen LogP contribution in [0.25, 0.3) is 0 Å². The number of hydrogen-bond acceptors (Lipinski definition) is 3. The predicted molar refractivity (Wildman–Crippen MR) is 50.7 cm³/mol. The second-order valence-electron chi connectivity index (χ2n) is 2.55. The van der Waals surface area contributed by atoms with Gasteiger partial charge in [-0.1, -0.05) is 5.92 Å². The molecule has 4 heteroatoms. The lowest BCUT2D eigenvalue weighted by molar-refractivity contribution is 0.265. The topological polar surface area (TPSA) is 35.0 Å². The third-order valence-electron chi connectivity index (χ3n) is 1.42. The van der Waals surface area contributed by atoms with Crippen molar-refractivity contribution >= 4 is 11.6 Å². The van der Waals surface area contributed by atoms with Gasteiger partial charge in [0.05, 0.1) is 0 Å². The van der Waals surface area contributed by atoms with E-state index in [1.807, 2.05) is 6.92 Å². The van der Waals surface area contributed by atoms with Crippen LogP contribution in [-0.2, 0) is 0 Å². The van der Waals surface area contributed by atoms with Gasteiger partial charge in [-0.15, -0.1) is 6.42 Å². The third-order valence-corrected chi connectivity index (χ3v) is 1.60. The molecule has 1 aromatic rings. The van der Waals surface area contributed by atoms with E-state index in [0.29, 0.717) is 5.88 Å². The fourth-order valence-corrected chi connectivity index (χ4v) is 0.852. The highest BCUT2D eigenvalue weighted by Gasteiger charge is 2.06. The lowest BCUT2D eigenvalue weighted by atomic mass is 10.3. The Hall–Kier alpha value is -1.27. The molecule has 1 unspecified atom stereocenters. The number of terminal acetylenes is 1. The van der Waals surface area contributed by atoms with Crippen molar-refractivity contribution in [1.29, 1.82) is 0 Å². The van der Waals surface area contributed by atoms with E-state index in [1.165, 1.54) is 0 Å². The number of nitrogens with zero attached hydrogens (tertiary/aromatic N) is 2. The van der Waals surface area contributed by atoms with Gasteiger partial charge in [-0.3, -0.25) is 0 Å². The van der Waals surface area contributed by atoms with Crippen LogP contribution in [0.4, 0.5) is 0 Å². The lowest BCUT2D eigenvalue weighted by Gasteiger charge is -2.09. The van der Waals surface area contributed by atoms with Crippen molar-refractivity contribution in [2.24, 2.45) is 0 Å². The molecule has 1 aromatic heterocycles. The number of hydrogen-bond donors (Lipinski definition) is 0. The van der Waals surface area contributed by atoms with E-state index in [9.17, 15) is 0 Å². The van der Waals surface area contributed by atoms with Gasteiger partial charge in [0.15, 0.2) is 6.10 Å². The molecule has 3 nitrogen and oxygen atoms in total. The SMILES string of the molecule is C#CC(C)Oc1nc(Cl)ncc1C. The van der Waals surface area contributed by atoms with Crippen molar-refractivity contribution in [3.63, 3.8) is 0 Å². The lowest BCUT2D eigenvalue weighted by Crippen LogP contribution is -2.10. The van der Waals surface area contributed by atoms with Gasteiger partial charge in [0.25, 0.3) is 0 Å². The van der Waals surface area contributed by atoms with E-state index in [4.69, 9.17) is 22.8 Å². The Kier molecular flexibility index (Phi) is 3.10. The summed E-state index contributed by atoms with van der Waals surface area (Å²) in [5, 5.41) is 0.157. The van der Waals surface area contributed by atoms with Crippen LogP contribution in [0, 0.1) is 19.3 Å². The first kappa shape index (κ1) is 9.82. The molecule has 68 valence electrons. The average molecular weight is 197 g/mol. The maximum absolute atomic E-state index is 5.59. The molecule has 0 spiro atoms. The zero-order chi connectivity index (χ0) is 9.84. The molecule has 0 amide bonds. The quantitative estimate of drug-likeness (QED) is 0.535. The van der Waals surface area contributed by atoms with E-state index in [-0.39, 0.29) is 11.4 Å². The molecule has 1 rings (SSSR count). The number of ether oxygens (including phenoxy) is 1. The van der Waals surface area contributed by atoms with Crippen LogP contribution >= 0.6 is 11.6 Å².